The summed E-state index contributed by atoms with van der Waals surface area (Å²) in [5.74, 6) is -7.37. The number of nitrogens with zero attached hydrogens (tertiary/aromatic N) is 1. The zero-order valence-corrected chi connectivity index (χ0v) is 31.0. The van der Waals surface area contributed by atoms with E-state index in [1.54, 1.807) is 44.2 Å². The van der Waals surface area contributed by atoms with Crippen molar-refractivity contribution in [2.24, 2.45) is 23.3 Å². The fourth-order valence-corrected chi connectivity index (χ4v) is 5.19. The average molecular weight is 757 g/mol. The average Bonchev–Trinajstić information content (AvgIpc) is 3.61. The molecule has 0 bridgehead atoms. The predicted octanol–water partition coefficient (Wildman–Crippen LogP) is -2.26. The van der Waals surface area contributed by atoms with Crippen molar-refractivity contribution in [3.8, 4) is 0 Å². The van der Waals surface area contributed by atoms with Crippen molar-refractivity contribution < 1.29 is 43.5 Å². The van der Waals surface area contributed by atoms with Crippen LogP contribution in [0.3, 0.4) is 0 Å². The Morgan fingerprint density at radius 1 is 0.741 bits per heavy atom. The van der Waals surface area contributed by atoms with Crippen LogP contribution in [-0.4, -0.2) is 105 Å². The van der Waals surface area contributed by atoms with Crippen molar-refractivity contribution in [2.75, 3.05) is 6.54 Å². The number of imidazole rings is 1. The number of rotatable bonds is 22. The molecule has 12 N–H and O–H groups in total. The van der Waals surface area contributed by atoms with Crippen LogP contribution in [0.5, 0.6) is 0 Å². The monoisotopic (exact) mass is 756 g/mol. The van der Waals surface area contributed by atoms with Crippen LogP contribution in [0.4, 0.5) is 0 Å². The van der Waals surface area contributed by atoms with Gasteiger partial charge in [0.2, 0.25) is 41.4 Å². The second-order valence-corrected chi connectivity index (χ2v) is 13.6. The largest absolute Gasteiger partial charge is 0.480 e. The molecule has 0 saturated heterocycles. The lowest BCUT2D eigenvalue weighted by Crippen LogP contribution is -2.60. The summed E-state index contributed by atoms with van der Waals surface area (Å²) in [4.78, 5) is 109. The highest BCUT2D eigenvalue weighted by molar-refractivity contribution is 5.98. The van der Waals surface area contributed by atoms with E-state index in [9.17, 15) is 38.4 Å². The molecule has 0 radical (unpaired) electrons. The van der Waals surface area contributed by atoms with Crippen molar-refractivity contribution in [1.29, 1.82) is 0 Å². The van der Waals surface area contributed by atoms with Crippen LogP contribution < -0.4 is 43.4 Å². The summed E-state index contributed by atoms with van der Waals surface area (Å²) < 4.78 is 0. The summed E-state index contributed by atoms with van der Waals surface area (Å²) in [6, 6.07) is 1.22. The van der Waals surface area contributed by atoms with Gasteiger partial charge in [0.25, 0.3) is 0 Å². The topological polar surface area (TPSA) is 310 Å². The molecule has 2 rings (SSSR count). The van der Waals surface area contributed by atoms with Crippen molar-refractivity contribution in [3.63, 3.8) is 0 Å². The highest BCUT2D eigenvalue weighted by Gasteiger charge is 2.34. The molecule has 7 amide bonds. The molecule has 54 heavy (non-hydrogen) atoms. The van der Waals surface area contributed by atoms with Crippen molar-refractivity contribution in [1.82, 2.24) is 41.9 Å². The minimum absolute atomic E-state index is 0.0481. The summed E-state index contributed by atoms with van der Waals surface area (Å²) in [5.41, 5.74) is 12.6. The predicted molar refractivity (Wildman–Crippen MR) is 194 cm³/mol. The first kappa shape index (κ1) is 44.3. The molecule has 0 aliphatic carbocycles. The zero-order chi connectivity index (χ0) is 40.5. The van der Waals surface area contributed by atoms with Crippen LogP contribution in [0.2, 0.25) is 0 Å². The normalized spacial score (nSPS) is 14.4. The number of hydrogen-bond acceptors (Lipinski definition) is 10. The Balaban J connectivity index is 2.22. The minimum atomic E-state index is -1.50. The molecule has 0 unspecified atom stereocenters. The van der Waals surface area contributed by atoms with Gasteiger partial charge in [0.05, 0.1) is 18.8 Å². The van der Waals surface area contributed by atoms with E-state index in [2.05, 4.69) is 41.9 Å². The van der Waals surface area contributed by atoms with Crippen LogP contribution in [0, 0.1) is 11.8 Å². The molecule has 0 saturated carbocycles. The summed E-state index contributed by atoms with van der Waals surface area (Å²) in [7, 11) is 0. The SMILES string of the molecule is CC(C)C[C@H](NC(=O)[C@H](C)NC(=O)[C@@H](NC(=O)[C@H](Cc1ccccc1)NC(=O)[C@H](CC(N)=O)NC(=O)[C@@H](N)Cc1cnc[nH]1)C(C)C)C(=O)NCC(=O)O. The molecule has 0 spiro atoms. The number of carbonyl (C=O) groups excluding carboxylic acids is 7. The second-order valence-electron chi connectivity index (χ2n) is 13.6. The van der Waals surface area contributed by atoms with Crippen LogP contribution in [0.25, 0.3) is 0 Å². The second kappa shape index (κ2) is 21.6. The maximum Gasteiger partial charge on any atom is 0.322 e. The molecular weight excluding hydrogens is 704 g/mol. The third-order valence-electron chi connectivity index (χ3n) is 8.04. The van der Waals surface area contributed by atoms with Crippen molar-refractivity contribution >= 4 is 47.3 Å². The molecule has 1 aromatic heterocycles. The van der Waals surface area contributed by atoms with Crippen molar-refractivity contribution in [2.45, 2.75) is 96.6 Å². The molecule has 19 nitrogen and oxygen atoms in total. The number of nitrogens with one attached hydrogen (secondary N) is 7. The van der Waals surface area contributed by atoms with Gasteiger partial charge >= 0.3 is 5.97 Å². The molecule has 19 heteroatoms. The van der Waals surface area contributed by atoms with Crippen LogP contribution in [0.1, 0.15) is 58.7 Å². The van der Waals surface area contributed by atoms with Gasteiger partial charge < -0.3 is 53.5 Å². The van der Waals surface area contributed by atoms with Crippen LogP contribution in [0.15, 0.2) is 42.9 Å². The minimum Gasteiger partial charge on any atom is -0.480 e. The van der Waals surface area contributed by atoms with E-state index in [1.165, 1.54) is 19.4 Å². The Hall–Kier alpha value is -5.85. The first-order chi connectivity index (χ1) is 25.4. The summed E-state index contributed by atoms with van der Waals surface area (Å²) in [6.45, 7) is 7.66. The molecule has 296 valence electrons. The van der Waals surface area contributed by atoms with Gasteiger partial charge in [0, 0.05) is 24.7 Å². The number of H-pyrrole nitrogens is 1. The smallest absolute Gasteiger partial charge is 0.322 e. The van der Waals surface area contributed by atoms with Gasteiger partial charge in [0.1, 0.15) is 36.8 Å². The fourth-order valence-electron chi connectivity index (χ4n) is 5.19. The first-order valence-electron chi connectivity index (χ1n) is 17.4. The first-order valence-corrected chi connectivity index (χ1v) is 17.4. The lowest BCUT2D eigenvalue weighted by atomic mass is 10.00. The van der Waals surface area contributed by atoms with Gasteiger partial charge in [-0.2, -0.15) is 0 Å². The Labute approximate surface area is 312 Å². The van der Waals surface area contributed by atoms with E-state index in [1.807, 2.05) is 13.8 Å². The maximum absolute atomic E-state index is 13.8. The van der Waals surface area contributed by atoms with Gasteiger partial charge in [-0.3, -0.25) is 38.4 Å². The van der Waals surface area contributed by atoms with Gasteiger partial charge in [-0.1, -0.05) is 58.0 Å². The molecule has 6 atom stereocenters. The molecule has 0 fully saturated rings. The number of carboxylic acid groups (broad SMARTS) is 1. The Bertz CT molecular complexity index is 1600. The Morgan fingerprint density at radius 3 is 1.91 bits per heavy atom. The summed E-state index contributed by atoms with van der Waals surface area (Å²) >= 11 is 0. The Morgan fingerprint density at radius 2 is 1.35 bits per heavy atom. The number of hydrogen-bond donors (Lipinski definition) is 10. The highest BCUT2D eigenvalue weighted by atomic mass is 16.4. The number of aromatic nitrogens is 2. The van der Waals surface area contributed by atoms with Gasteiger partial charge in [-0.25, -0.2) is 4.98 Å². The zero-order valence-electron chi connectivity index (χ0n) is 31.0. The van der Waals surface area contributed by atoms with E-state index in [4.69, 9.17) is 16.6 Å². The van der Waals surface area contributed by atoms with E-state index in [0.29, 0.717) is 11.3 Å². The van der Waals surface area contributed by atoms with E-state index in [-0.39, 0.29) is 25.2 Å². The lowest BCUT2D eigenvalue weighted by molar-refractivity contribution is -0.138. The van der Waals surface area contributed by atoms with Gasteiger partial charge in [0.15, 0.2) is 0 Å². The quantitative estimate of drug-likeness (QED) is 0.0612. The molecular formula is C35H52N10O9. The van der Waals surface area contributed by atoms with Gasteiger partial charge in [-0.05, 0) is 30.7 Å². The lowest BCUT2D eigenvalue weighted by Gasteiger charge is -2.28. The standard InChI is InChI=1S/C35H52N10O9/c1-18(2)11-24(32(51)39-16-28(47)48)42-30(49)20(5)41-35(54)29(19(3)4)45-34(53)25(12-21-9-7-6-8-10-21)44-33(52)26(14-27(37)46)43-31(50)23(36)13-22-15-38-17-40-22/h6-10,15,17-20,23-26,29H,11-14,16,36H2,1-5H3,(H2,37,46)(H,38,40)(H,39,51)(H,41,54)(H,42,49)(H,43,50)(H,44,52)(H,45,53)(H,47,48)/t20-,23-,24-,25-,26-,29-/m0/s1. The molecule has 2 aromatic rings. The third kappa shape index (κ3) is 15.4. The van der Waals surface area contributed by atoms with E-state index >= 15 is 0 Å². The maximum atomic E-state index is 13.8. The fraction of sp³-hybridized carbons (Fsp3) is 0.514. The Kier molecular flexibility index (Phi) is 17.7. The molecule has 0 aliphatic rings. The highest BCUT2D eigenvalue weighted by Crippen LogP contribution is 2.10. The van der Waals surface area contributed by atoms with Gasteiger partial charge in [-0.15, -0.1) is 0 Å². The molecule has 1 aromatic carbocycles. The van der Waals surface area contributed by atoms with E-state index < -0.39 is 102 Å². The number of benzene rings is 1. The van der Waals surface area contributed by atoms with E-state index in [0.717, 1.165) is 0 Å². The number of nitrogens with two attached hydrogens (primary N) is 2. The summed E-state index contributed by atoms with van der Waals surface area (Å²) in [5, 5.41) is 23.8. The number of carbonyl (C=O) groups is 8. The van der Waals surface area contributed by atoms with Crippen LogP contribution >= 0.6 is 0 Å². The number of aromatic amines is 1. The molecule has 0 aliphatic heterocycles. The van der Waals surface area contributed by atoms with Crippen molar-refractivity contribution in [3.05, 3.63) is 54.1 Å². The van der Waals surface area contributed by atoms with Crippen LogP contribution in [-0.2, 0) is 51.2 Å². The molecule has 1 heterocycles. The summed E-state index contributed by atoms with van der Waals surface area (Å²) in [6.07, 6.45) is 2.47. The number of aliphatic carboxylic acids is 1. The number of carboxylic acids is 1. The third-order valence-corrected chi connectivity index (χ3v) is 8.04. The number of amides is 7. The number of primary amides is 1.